The van der Waals surface area contributed by atoms with Gasteiger partial charge in [0.1, 0.15) is 18.1 Å². The molecule has 0 aromatic heterocycles. The van der Waals surface area contributed by atoms with Crippen LogP contribution in [0.4, 0.5) is 5.69 Å². The maximum atomic E-state index is 12.0. The summed E-state index contributed by atoms with van der Waals surface area (Å²) in [5.41, 5.74) is 2.17. The lowest BCUT2D eigenvalue weighted by atomic mass is 10.1. The van der Waals surface area contributed by atoms with Crippen LogP contribution < -0.4 is 14.8 Å². The molecule has 0 spiro atoms. The second-order valence-electron chi connectivity index (χ2n) is 6.44. The van der Waals surface area contributed by atoms with Crippen molar-refractivity contribution in [1.82, 2.24) is 0 Å². The van der Waals surface area contributed by atoms with Crippen LogP contribution in [0.15, 0.2) is 36.4 Å². The summed E-state index contributed by atoms with van der Waals surface area (Å²) in [5, 5.41) is 2.77. The first-order valence-electron chi connectivity index (χ1n) is 9.11. The zero-order valence-electron chi connectivity index (χ0n) is 16.6. The van der Waals surface area contributed by atoms with Gasteiger partial charge in [-0.15, -0.1) is 0 Å². The van der Waals surface area contributed by atoms with Crippen LogP contribution >= 0.6 is 0 Å². The first-order valence-corrected chi connectivity index (χ1v) is 9.11. The summed E-state index contributed by atoms with van der Waals surface area (Å²) >= 11 is 0. The van der Waals surface area contributed by atoms with Gasteiger partial charge in [-0.2, -0.15) is 0 Å². The van der Waals surface area contributed by atoms with Gasteiger partial charge in [-0.3, -0.25) is 14.4 Å². The highest BCUT2D eigenvalue weighted by atomic mass is 16.5. The SMILES string of the molecule is CCCC(=O)Nc1ccc(OCc2cc(C(C)=O)ccc2OC)c(C(C)=O)c1. The van der Waals surface area contributed by atoms with Crippen LogP contribution in [0.2, 0.25) is 0 Å². The number of carbonyl (C=O) groups excluding carboxylic acids is 3. The van der Waals surface area contributed by atoms with Crippen molar-refractivity contribution in [1.29, 1.82) is 0 Å². The lowest BCUT2D eigenvalue weighted by Gasteiger charge is -2.14. The molecule has 2 aromatic carbocycles. The Bertz CT molecular complexity index is 888. The van der Waals surface area contributed by atoms with Gasteiger partial charge in [-0.25, -0.2) is 0 Å². The van der Waals surface area contributed by atoms with Crippen LogP contribution in [0, 0.1) is 0 Å². The summed E-state index contributed by atoms with van der Waals surface area (Å²) in [6, 6.07) is 10.1. The molecular formula is C22H25NO5. The lowest BCUT2D eigenvalue weighted by Crippen LogP contribution is -2.11. The molecule has 2 aromatic rings. The van der Waals surface area contributed by atoms with Crippen LogP contribution in [0.3, 0.4) is 0 Å². The molecular weight excluding hydrogens is 358 g/mol. The predicted octanol–water partition coefficient (Wildman–Crippen LogP) is 4.42. The number of methoxy groups -OCH3 is 1. The molecule has 2 rings (SSSR count). The molecule has 0 atom stereocenters. The summed E-state index contributed by atoms with van der Waals surface area (Å²) < 4.78 is 11.2. The van der Waals surface area contributed by atoms with Crippen LogP contribution in [-0.4, -0.2) is 24.6 Å². The number of hydrogen-bond donors (Lipinski definition) is 1. The van der Waals surface area contributed by atoms with Gasteiger partial charge in [-0.05, 0) is 56.7 Å². The van der Waals surface area contributed by atoms with E-state index in [0.29, 0.717) is 40.3 Å². The van der Waals surface area contributed by atoms with E-state index in [2.05, 4.69) is 5.32 Å². The molecule has 0 aliphatic carbocycles. The molecule has 28 heavy (non-hydrogen) atoms. The molecule has 1 N–H and O–H groups in total. The third-order valence-corrected chi connectivity index (χ3v) is 4.19. The Labute approximate surface area is 164 Å². The van der Waals surface area contributed by atoms with Crippen molar-refractivity contribution in [3.8, 4) is 11.5 Å². The minimum Gasteiger partial charge on any atom is -0.496 e. The Morgan fingerprint density at radius 2 is 1.68 bits per heavy atom. The van der Waals surface area contributed by atoms with Gasteiger partial charge in [0, 0.05) is 23.2 Å². The van der Waals surface area contributed by atoms with Crippen molar-refractivity contribution >= 4 is 23.2 Å². The van der Waals surface area contributed by atoms with Crippen LogP contribution in [0.25, 0.3) is 0 Å². The highest BCUT2D eigenvalue weighted by molar-refractivity contribution is 5.99. The number of Topliss-reactive ketones (excluding diaryl/α,β-unsaturated/α-hetero) is 2. The molecule has 6 nitrogen and oxygen atoms in total. The molecule has 0 fully saturated rings. The highest BCUT2D eigenvalue weighted by Gasteiger charge is 2.13. The zero-order valence-corrected chi connectivity index (χ0v) is 16.6. The van der Waals surface area contributed by atoms with Crippen molar-refractivity contribution < 1.29 is 23.9 Å². The molecule has 1 amide bonds. The van der Waals surface area contributed by atoms with Crippen LogP contribution in [0.5, 0.6) is 11.5 Å². The van der Waals surface area contributed by atoms with Crippen molar-refractivity contribution in [2.75, 3.05) is 12.4 Å². The van der Waals surface area contributed by atoms with Crippen LogP contribution in [-0.2, 0) is 11.4 Å². The molecule has 0 saturated heterocycles. The van der Waals surface area contributed by atoms with E-state index in [1.165, 1.54) is 13.8 Å². The van der Waals surface area contributed by atoms with Gasteiger partial charge >= 0.3 is 0 Å². The molecule has 0 radical (unpaired) electrons. The summed E-state index contributed by atoms with van der Waals surface area (Å²) in [6.45, 7) is 4.99. The van der Waals surface area contributed by atoms with Crippen molar-refractivity contribution in [3.63, 3.8) is 0 Å². The van der Waals surface area contributed by atoms with Gasteiger partial charge in [0.25, 0.3) is 0 Å². The number of rotatable bonds is 9. The molecule has 0 bridgehead atoms. The van der Waals surface area contributed by atoms with E-state index in [-0.39, 0.29) is 24.1 Å². The third-order valence-electron chi connectivity index (χ3n) is 4.19. The normalized spacial score (nSPS) is 10.3. The van der Waals surface area contributed by atoms with E-state index in [9.17, 15) is 14.4 Å². The quantitative estimate of drug-likeness (QED) is 0.648. The van der Waals surface area contributed by atoms with E-state index in [1.807, 2.05) is 6.92 Å². The number of ketones is 2. The van der Waals surface area contributed by atoms with Gasteiger partial charge < -0.3 is 14.8 Å². The Kier molecular flexibility index (Phi) is 7.32. The molecule has 0 unspecified atom stereocenters. The molecule has 0 aliphatic heterocycles. The van der Waals surface area contributed by atoms with Gasteiger partial charge in [0.2, 0.25) is 5.91 Å². The zero-order chi connectivity index (χ0) is 20.7. The third kappa shape index (κ3) is 5.42. The summed E-state index contributed by atoms with van der Waals surface area (Å²) in [7, 11) is 1.54. The van der Waals surface area contributed by atoms with Crippen LogP contribution in [0.1, 0.15) is 59.9 Å². The molecule has 0 aliphatic rings. The monoisotopic (exact) mass is 383 g/mol. The average Bonchev–Trinajstić information content (AvgIpc) is 2.66. The smallest absolute Gasteiger partial charge is 0.224 e. The average molecular weight is 383 g/mol. The minimum atomic E-state index is -0.175. The Morgan fingerprint density at radius 3 is 2.29 bits per heavy atom. The number of hydrogen-bond acceptors (Lipinski definition) is 5. The molecule has 148 valence electrons. The Hall–Kier alpha value is -3.15. The standard InChI is InChI=1S/C22H25NO5/c1-5-6-22(26)23-18-8-10-21(19(12-18)15(3)25)28-13-17-11-16(14(2)24)7-9-20(17)27-4/h7-12H,5-6,13H2,1-4H3,(H,23,26). The molecule has 6 heteroatoms. The maximum absolute atomic E-state index is 12.0. The highest BCUT2D eigenvalue weighted by Crippen LogP contribution is 2.27. The first kappa shape index (κ1) is 21.2. The minimum absolute atomic E-state index is 0.0551. The van der Waals surface area contributed by atoms with Crippen molar-refractivity contribution in [2.24, 2.45) is 0 Å². The molecule has 0 heterocycles. The van der Waals surface area contributed by atoms with Crippen molar-refractivity contribution in [3.05, 3.63) is 53.1 Å². The summed E-state index contributed by atoms with van der Waals surface area (Å²) in [5.74, 6) is 0.664. The number of carbonyl (C=O) groups is 3. The fourth-order valence-electron chi connectivity index (χ4n) is 2.73. The van der Waals surface area contributed by atoms with E-state index >= 15 is 0 Å². The van der Waals surface area contributed by atoms with Gasteiger partial charge in [0.15, 0.2) is 11.6 Å². The number of anilines is 1. The van der Waals surface area contributed by atoms with Gasteiger partial charge in [-0.1, -0.05) is 6.92 Å². The van der Waals surface area contributed by atoms with E-state index in [1.54, 1.807) is 43.5 Å². The Morgan fingerprint density at radius 1 is 0.964 bits per heavy atom. The predicted molar refractivity (Wildman–Crippen MR) is 107 cm³/mol. The fraction of sp³-hybridized carbons (Fsp3) is 0.318. The summed E-state index contributed by atoms with van der Waals surface area (Å²) in [4.78, 5) is 35.4. The second kappa shape index (κ2) is 9.69. The molecule has 0 saturated carbocycles. The number of ether oxygens (including phenoxy) is 2. The first-order chi connectivity index (χ1) is 13.3. The number of amides is 1. The fourth-order valence-corrected chi connectivity index (χ4v) is 2.73. The lowest BCUT2D eigenvalue weighted by molar-refractivity contribution is -0.116. The Balaban J connectivity index is 2.24. The number of benzene rings is 2. The van der Waals surface area contributed by atoms with E-state index in [0.717, 1.165) is 6.42 Å². The topological polar surface area (TPSA) is 81.7 Å². The second-order valence-corrected chi connectivity index (χ2v) is 6.44. The maximum Gasteiger partial charge on any atom is 0.224 e. The largest absolute Gasteiger partial charge is 0.496 e. The van der Waals surface area contributed by atoms with E-state index < -0.39 is 0 Å². The van der Waals surface area contributed by atoms with E-state index in [4.69, 9.17) is 9.47 Å². The van der Waals surface area contributed by atoms with Gasteiger partial charge in [0.05, 0.1) is 12.7 Å². The number of nitrogens with one attached hydrogen (secondary N) is 1. The summed E-state index contributed by atoms with van der Waals surface area (Å²) in [6.07, 6.45) is 1.16. The van der Waals surface area contributed by atoms with Crippen molar-refractivity contribution in [2.45, 2.75) is 40.2 Å².